The molecule has 0 spiro atoms. The molecule has 5 heteroatoms. The van der Waals surface area contributed by atoms with Crippen molar-refractivity contribution in [2.24, 2.45) is 4.99 Å². The second kappa shape index (κ2) is 8.27. The predicted octanol–water partition coefficient (Wildman–Crippen LogP) is 6.25. The first-order valence-electron chi connectivity index (χ1n) is 10.0. The molecule has 30 heavy (non-hydrogen) atoms. The Balaban J connectivity index is 1.63. The molecule has 0 fully saturated rings. The number of halogens is 2. The van der Waals surface area contributed by atoms with Crippen molar-refractivity contribution in [3.8, 4) is 16.9 Å². The van der Waals surface area contributed by atoms with Crippen molar-refractivity contribution in [3.05, 3.63) is 89.0 Å². The van der Waals surface area contributed by atoms with E-state index in [9.17, 15) is 8.78 Å². The van der Waals surface area contributed by atoms with Crippen LogP contribution >= 0.6 is 0 Å². The minimum absolute atomic E-state index is 0.0121. The van der Waals surface area contributed by atoms with Gasteiger partial charge in [-0.05, 0) is 67.3 Å². The van der Waals surface area contributed by atoms with Crippen molar-refractivity contribution in [2.45, 2.75) is 32.9 Å². The normalized spacial score (nSPS) is 18.1. The zero-order valence-corrected chi connectivity index (χ0v) is 17.2. The molecule has 0 bridgehead atoms. The molecule has 0 amide bonds. The number of aliphatic imine (C=N–C) groups is 1. The molecule has 0 aliphatic carbocycles. The highest BCUT2D eigenvalue weighted by molar-refractivity contribution is 5.96. The van der Waals surface area contributed by atoms with E-state index in [1.807, 2.05) is 57.2 Å². The lowest BCUT2D eigenvalue weighted by Gasteiger charge is -2.16. The third kappa shape index (κ3) is 3.80. The van der Waals surface area contributed by atoms with Gasteiger partial charge in [0.1, 0.15) is 35.1 Å². The molecule has 3 aromatic carbocycles. The maximum Gasteiger partial charge on any atom is 0.223 e. The first kappa shape index (κ1) is 20.1. The van der Waals surface area contributed by atoms with Crippen LogP contribution in [0.2, 0.25) is 0 Å². The molecule has 0 unspecified atom stereocenters. The van der Waals surface area contributed by atoms with Crippen LogP contribution in [0.3, 0.4) is 0 Å². The summed E-state index contributed by atoms with van der Waals surface area (Å²) in [5, 5.41) is 0. The second-order valence-corrected chi connectivity index (χ2v) is 7.33. The van der Waals surface area contributed by atoms with E-state index in [1.54, 1.807) is 0 Å². The Morgan fingerprint density at radius 3 is 2.27 bits per heavy atom. The van der Waals surface area contributed by atoms with Gasteiger partial charge in [0.15, 0.2) is 0 Å². The summed E-state index contributed by atoms with van der Waals surface area (Å²) in [4.78, 5) is 4.52. The molecule has 3 nitrogen and oxygen atoms in total. The molecular weight excluding hydrogens is 384 g/mol. The molecule has 0 N–H and O–H groups in total. The number of hydrogen-bond donors (Lipinski definition) is 0. The minimum Gasteiger partial charge on any atom is -0.494 e. The van der Waals surface area contributed by atoms with Gasteiger partial charge in [-0.25, -0.2) is 13.8 Å². The Morgan fingerprint density at radius 1 is 0.967 bits per heavy atom. The van der Waals surface area contributed by atoms with Gasteiger partial charge < -0.3 is 9.47 Å². The Hall–Kier alpha value is -3.21. The third-order valence-corrected chi connectivity index (χ3v) is 5.26. The number of rotatable bonds is 5. The maximum atomic E-state index is 14.1. The van der Waals surface area contributed by atoms with Gasteiger partial charge in [0.25, 0.3) is 0 Å². The molecular formula is C25H23F2NO2. The van der Waals surface area contributed by atoms with Crippen molar-refractivity contribution in [1.29, 1.82) is 0 Å². The molecule has 4 rings (SSSR count). The molecule has 0 saturated carbocycles. The van der Waals surface area contributed by atoms with Crippen LogP contribution in [-0.2, 0) is 4.74 Å². The van der Waals surface area contributed by atoms with E-state index in [0.717, 1.165) is 28.0 Å². The van der Waals surface area contributed by atoms with E-state index in [-0.39, 0.29) is 23.6 Å². The molecule has 2 atom stereocenters. The number of ether oxygens (including phenoxy) is 2. The van der Waals surface area contributed by atoms with Crippen molar-refractivity contribution in [3.63, 3.8) is 0 Å². The van der Waals surface area contributed by atoms with E-state index in [0.29, 0.717) is 6.61 Å². The van der Waals surface area contributed by atoms with Crippen LogP contribution in [-0.4, -0.2) is 18.6 Å². The summed E-state index contributed by atoms with van der Waals surface area (Å²) in [5.74, 6) is -0.500. The SMILES string of the molecule is CCOc1ccc(-c2ccc([C@H]3N=C(c4c(F)cccc4F)O[C@H]3C)c(C)c2)cc1. The van der Waals surface area contributed by atoms with E-state index >= 15 is 0 Å². The third-order valence-electron chi connectivity index (χ3n) is 5.26. The van der Waals surface area contributed by atoms with E-state index < -0.39 is 11.6 Å². The Kier molecular flexibility index (Phi) is 5.53. The standard InChI is InChI=1S/C25H23F2NO2/c1-4-29-19-11-8-17(9-12-19)18-10-13-20(15(2)14-18)24-16(3)30-25(28-24)23-21(26)6-5-7-22(23)27/h5-14,16,24H,4H2,1-3H3/t16-,24-/m0/s1. The monoisotopic (exact) mass is 407 g/mol. The van der Waals surface area contributed by atoms with Crippen LogP contribution in [0, 0.1) is 18.6 Å². The number of hydrogen-bond acceptors (Lipinski definition) is 3. The van der Waals surface area contributed by atoms with Gasteiger partial charge in [0.05, 0.1) is 6.61 Å². The Bertz CT molecular complexity index is 1070. The lowest BCUT2D eigenvalue weighted by atomic mass is 9.94. The first-order valence-corrected chi connectivity index (χ1v) is 10.0. The first-order chi connectivity index (χ1) is 14.5. The zero-order valence-electron chi connectivity index (χ0n) is 17.2. The van der Waals surface area contributed by atoms with Crippen LogP contribution in [0.1, 0.15) is 36.6 Å². The summed E-state index contributed by atoms with van der Waals surface area (Å²) in [6.45, 7) is 6.46. The van der Waals surface area contributed by atoms with Crippen LogP contribution in [0.4, 0.5) is 8.78 Å². The average Bonchev–Trinajstić information content (AvgIpc) is 3.09. The Morgan fingerprint density at radius 2 is 1.63 bits per heavy atom. The molecule has 1 heterocycles. The summed E-state index contributed by atoms with van der Waals surface area (Å²) in [7, 11) is 0. The quantitative estimate of drug-likeness (QED) is 0.501. The zero-order chi connectivity index (χ0) is 21.3. The fourth-order valence-electron chi connectivity index (χ4n) is 3.75. The minimum atomic E-state index is -0.677. The number of benzene rings is 3. The largest absolute Gasteiger partial charge is 0.494 e. The highest BCUT2D eigenvalue weighted by Gasteiger charge is 2.32. The molecule has 0 radical (unpaired) electrons. The molecule has 1 aliphatic rings. The fraction of sp³-hybridized carbons (Fsp3) is 0.240. The lowest BCUT2D eigenvalue weighted by molar-refractivity contribution is 0.212. The van der Waals surface area contributed by atoms with Gasteiger partial charge in [0, 0.05) is 0 Å². The molecule has 0 saturated heterocycles. The lowest BCUT2D eigenvalue weighted by Crippen LogP contribution is -2.14. The molecule has 0 aromatic heterocycles. The van der Waals surface area contributed by atoms with Gasteiger partial charge in [0.2, 0.25) is 5.90 Å². The molecule has 1 aliphatic heterocycles. The van der Waals surface area contributed by atoms with Crippen molar-refractivity contribution >= 4 is 5.90 Å². The van der Waals surface area contributed by atoms with E-state index in [1.165, 1.54) is 18.2 Å². The van der Waals surface area contributed by atoms with Crippen LogP contribution in [0.25, 0.3) is 11.1 Å². The average molecular weight is 407 g/mol. The highest BCUT2D eigenvalue weighted by Crippen LogP contribution is 2.35. The second-order valence-electron chi connectivity index (χ2n) is 7.33. The summed E-state index contributed by atoms with van der Waals surface area (Å²) in [6.07, 6.45) is -0.325. The summed E-state index contributed by atoms with van der Waals surface area (Å²) in [5.41, 5.74) is 3.97. The fourth-order valence-corrected chi connectivity index (χ4v) is 3.75. The Labute approximate surface area is 175 Å². The predicted molar refractivity (Wildman–Crippen MR) is 114 cm³/mol. The van der Waals surface area contributed by atoms with Gasteiger partial charge in [-0.2, -0.15) is 0 Å². The number of aryl methyl sites for hydroxylation is 1. The summed E-state index contributed by atoms with van der Waals surface area (Å²) < 4.78 is 39.5. The molecule has 3 aromatic rings. The number of nitrogens with zero attached hydrogens (tertiary/aromatic N) is 1. The van der Waals surface area contributed by atoms with Gasteiger partial charge in [-0.3, -0.25) is 0 Å². The highest BCUT2D eigenvalue weighted by atomic mass is 19.1. The van der Waals surface area contributed by atoms with Crippen LogP contribution in [0.15, 0.2) is 65.7 Å². The van der Waals surface area contributed by atoms with E-state index in [4.69, 9.17) is 9.47 Å². The topological polar surface area (TPSA) is 30.8 Å². The van der Waals surface area contributed by atoms with E-state index in [2.05, 4.69) is 11.1 Å². The van der Waals surface area contributed by atoms with Crippen LogP contribution < -0.4 is 4.74 Å². The van der Waals surface area contributed by atoms with Crippen molar-refractivity contribution < 1.29 is 18.3 Å². The van der Waals surface area contributed by atoms with Gasteiger partial charge >= 0.3 is 0 Å². The van der Waals surface area contributed by atoms with Crippen molar-refractivity contribution in [2.75, 3.05) is 6.61 Å². The van der Waals surface area contributed by atoms with Gasteiger partial charge in [-0.1, -0.05) is 36.4 Å². The maximum absolute atomic E-state index is 14.1. The molecule has 154 valence electrons. The summed E-state index contributed by atoms with van der Waals surface area (Å²) >= 11 is 0. The van der Waals surface area contributed by atoms with Crippen LogP contribution in [0.5, 0.6) is 5.75 Å². The van der Waals surface area contributed by atoms with Crippen molar-refractivity contribution in [1.82, 2.24) is 0 Å². The summed E-state index contributed by atoms with van der Waals surface area (Å²) in [6, 6.07) is 17.5. The smallest absolute Gasteiger partial charge is 0.223 e. The van der Waals surface area contributed by atoms with Gasteiger partial charge in [-0.15, -0.1) is 0 Å².